The number of nitrogens with zero attached hydrogens (tertiary/aromatic N) is 4. The Labute approximate surface area is 110 Å². The van der Waals surface area contributed by atoms with Crippen LogP contribution in [-0.2, 0) is 0 Å². The molecule has 98 valence electrons. The lowest BCUT2D eigenvalue weighted by atomic mass is 10.2. The predicted octanol–water partition coefficient (Wildman–Crippen LogP) is 1.51. The van der Waals surface area contributed by atoms with Crippen molar-refractivity contribution in [2.45, 2.75) is 19.4 Å². The van der Waals surface area contributed by atoms with Gasteiger partial charge in [0.1, 0.15) is 5.52 Å². The van der Waals surface area contributed by atoms with Crippen molar-refractivity contribution >= 4 is 34.7 Å². The van der Waals surface area contributed by atoms with Gasteiger partial charge in [-0.15, -0.1) is 0 Å². The third-order valence-electron chi connectivity index (χ3n) is 3.02. The Hall–Kier alpha value is -1.50. The van der Waals surface area contributed by atoms with Crippen LogP contribution in [0.3, 0.4) is 0 Å². The highest BCUT2D eigenvalue weighted by atomic mass is 32.2. The number of nitrogens with two attached hydrogens (primary N) is 1. The molecule has 0 aliphatic rings. The van der Waals surface area contributed by atoms with Gasteiger partial charge in [-0.05, 0) is 25.4 Å². The van der Waals surface area contributed by atoms with Crippen molar-refractivity contribution in [3.63, 3.8) is 0 Å². The van der Waals surface area contributed by atoms with Crippen LogP contribution in [0.25, 0.3) is 11.2 Å². The molecule has 2 heterocycles. The second-order valence-electron chi connectivity index (χ2n) is 4.25. The summed E-state index contributed by atoms with van der Waals surface area (Å²) in [4.78, 5) is 17.7. The SMILES string of the molecule is CSCCC(C)N(C)c1nc(N)nc2nc[nH]c12. The minimum absolute atomic E-state index is 0.258. The van der Waals surface area contributed by atoms with E-state index in [1.807, 2.05) is 18.8 Å². The van der Waals surface area contributed by atoms with E-state index in [0.717, 1.165) is 23.5 Å². The third-order valence-corrected chi connectivity index (χ3v) is 3.66. The van der Waals surface area contributed by atoms with Crippen molar-refractivity contribution in [3.05, 3.63) is 6.33 Å². The van der Waals surface area contributed by atoms with Crippen LogP contribution in [0.15, 0.2) is 6.33 Å². The molecule has 0 saturated heterocycles. The van der Waals surface area contributed by atoms with Gasteiger partial charge in [0.25, 0.3) is 0 Å². The Morgan fingerprint density at radius 1 is 1.50 bits per heavy atom. The monoisotopic (exact) mass is 266 g/mol. The number of thioether (sulfide) groups is 1. The van der Waals surface area contributed by atoms with Crippen LogP contribution in [0.2, 0.25) is 0 Å². The zero-order valence-electron chi connectivity index (χ0n) is 10.8. The zero-order valence-corrected chi connectivity index (χ0v) is 11.7. The standard InChI is InChI=1S/C11H18N6S/c1-7(4-5-18-3)17(2)10-8-9(14-6-13-8)15-11(12)16-10/h6-7H,4-5H2,1-3H3,(H3,12,13,14,15,16). The lowest BCUT2D eigenvalue weighted by Crippen LogP contribution is -2.30. The minimum Gasteiger partial charge on any atom is -0.368 e. The molecule has 7 heteroatoms. The molecule has 0 spiro atoms. The van der Waals surface area contributed by atoms with E-state index < -0.39 is 0 Å². The van der Waals surface area contributed by atoms with Crippen molar-refractivity contribution in [3.8, 4) is 0 Å². The molecule has 2 rings (SSSR count). The van der Waals surface area contributed by atoms with Crippen LogP contribution in [0.4, 0.5) is 11.8 Å². The Bertz CT molecular complexity index is 525. The lowest BCUT2D eigenvalue weighted by Gasteiger charge is -2.26. The van der Waals surface area contributed by atoms with E-state index in [0.29, 0.717) is 11.7 Å². The molecule has 6 nitrogen and oxygen atoms in total. The molecule has 2 aromatic rings. The number of aromatic amines is 1. The maximum absolute atomic E-state index is 5.72. The molecule has 1 unspecified atom stereocenters. The third kappa shape index (κ3) is 2.50. The summed E-state index contributed by atoms with van der Waals surface area (Å²) in [7, 11) is 2.02. The van der Waals surface area contributed by atoms with E-state index in [1.54, 1.807) is 6.33 Å². The summed E-state index contributed by atoms with van der Waals surface area (Å²) in [5, 5.41) is 0. The summed E-state index contributed by atoms with van der Waals surface area (Å²) in [6.07, 6.45) is 4.82. The van der Waals surface area contributed by atoms with Crippen LogP contribution >= 0.6 is 11.8 Å². The van der Waals surface area contributed by atoms with E-state index >= 15 is 0 Å². The van der Waals surface area contributed by atoms with Crippen LogP contribution < -0.4 is 10.6 Å². The topological polar surface area (TPSA) is 83.7 Å². The highest BCUT2D eigenvalue weighted by Crippen LogP contribution is 2.23. The molecule has 0 radical (unpaired) electrons. The predicted molar refractivity (Wildman–Crippen MR) is 77.0 cm³/mol. The molecule has 0 aliphatic carbocycles. The molecule has 2 aromatic heterocycles. The molecule has 0 saturated carbocycles. The Balaban J connectivity index is 2.31. The number of nitrogens with one attached hydrogen (secondary N) is 1. The summed E-state index contributed by atoms with van der Waals surface area (Å²) in [6, 6.07) is 0.387. The normalized spacial score (nSPS) is 12.8. The molecular weight excluding hydrogens is 248 g/mol. The van der Waals surface area contributed by atoms with E-state index in [1.165, 1.54) is 0 Å². The summed E-state index contributed by atoms with van der Waals surface area (Å²) in [6.45, 7) is 2.18. The summed E-state index contributed by atoms with van der Waals surface area (Å²) < 4.78 is 0. The number of fused-ring (bicyclic) bond motifs is 1. The molecule has 0 bridgehead atoms. The molecular formula is C11H18N6S. The number of rotatable bonds is 5. The number of hydrogen-bond donors (Lipinski definition) is 2. The Morgan fingerprint density at radius 3 is 3.00 bits per heavy atom. The fraction of sp³-hybridized carbons (Fsp3) is 0.545. The smallest absolute Gasteiger partial charge is 0.224 e. The molecule has 0 aromatic carbocycles. The van der Waals surface area contributed by atoms with Crippen molar-refractivity contribution < 1.29 is 0 Å². The van der Waals surface area contributed by atoms with Crippen LogP contribution in [0.5, 0.6) is 0 Å². The van der Waals surface area contributed by atoms with Gasteiger partial charge in [-0.25, -0.2) is 4.98 Å². The summed E-state index contributed by atoms with van der Waals surface area (Å²) in [5.74, 6) is 2.19. The van der Waals surface area contributed by atoms with Crippen LogP contribution in [0.1, 0.15) is 13.3 Å². The number of aromatic nitrogens is 4. The van der Waals surface area contributed by atoms with Gasteiger partial charge in [0, 0.05) is 13.1 Å². The first-order valence-corrected chi connectivity index (χ1v) is 7.21. The highest BCUT2D eigenvalue weighted by molar-refractivity contribution is 7.98. The lowest BCUT2D eigenvalue weighted by molar-refractivity contribution is 0.664. The summed E-state index contributed by atoms with van der Waals surface area (Å²) in [5.41, 5.74) is 7.16. The maximum Gasteiger partial charge on any atom is 0.224 e. The maximum atomic E-state index is 5.72. The molecule has 3 N–H and O–H groups in total. The van der Waals surface area contributed by atoms with Gasteiger partial charge in [0.05, 0.1) is 6.33 Å². The Morgan fingerprint density at radius 2 is 2.28 bits per heavy atom. The number of hydrogen-bond acceptors (Lipinski definition) is 6. The number of nitrogen functional groups attached to an aromatic ring is 1. The van der Waals surface area contributed by atoms with Gasteiger partial charge in [-0.2, -0.15) is 21.7 Å². The van der Waals surface area contributed by atoms with Crippen molar-refractivity contribution in [2.24, 2.45) is 0 Å². The van der Waals surface area contributed by atoms with E-state index in [4.69, 9.17) is 5.73 Å². The zero-order chi connectivity index (χ0) is 13.1. The second-order valence-corrected chi connectivity index (χ2v) is 5.23. The van der Waals surface area contributed by atoms with Gasteiger partial charge >= 0.3 is 0 Å². The van der Waals surface area contributed by atoms with Gasteiger partial charge < -0.3 is 15.6 Å². The van der Waals surface area contributed by atoms with E-state index in [-0.39, 0.29) is 5.95 Å². The molecule has 0 aliphatic heterocycles. The molecule has 18 heavy (non-hydrogen) atoms. The minimum atomic E-state index is 0.258. The largest absolute Gasteiger partial charge is 0.368 e. The van der Waals surface area contributed by atoms with Crippen molar-refractivity contribution in [2.75, 3.05) is 29.7 Å². The van der Waals surface area contributed by atoms with Gasteiger partial charge in [-0.1, -0.05) is 0 Å². The fourth-order valence-electron chi connectivity index (χ4n) is 1.78. The van der Waals surface area contributed by atoms with Crippen molar-refractivity contribution in [1.29, 1.82) is 0 Å². The fourth-order valence-corrected chi connectivity index (χ4v) is 2.36. The Kier molecular flexibility index (Phi) is 3.90. The number of anilines is 2. The van der Waals surface area contributed by atoms with Gasteiger partial charge in [0.2, 0.25) is 5.95 Å². The first-order chi connectivity index (χ1) is 8.63. The van der Waals surface area contributed by atoms with Crippen LogP contribution in [0, 0.1) is 0 Å². The average Bonchev–Trinajstić information content (AvgIpc) is 2.81. The average molecular weight is 266 g/mol. The van der Waals surface area contributed by atoms with Crippen molar-refractivity contribution in [1.82, 2.24) is 19.9 Å². The first-order valence-electron chi connectivity index (χ1n) is 5.82. The number of imidazole rings is 1. The summed E-state index contributed by atoms with van der Waals surface area (Å²) >= 11 is 1.85. The van der Waals surface area contributed by atoms with Gasteiger partial charge in [-0.3, -0.25) is 0 Å². The van der Waals surface area contributed by atoms with E-state index in [9.17, 15) is 0 Å². The molecule has 0 fully saturated rings. The van der Waals surface area contributed by atoms with E-state index in [2.05, 4.69) is 38.0 Å². The quantitative estimate of drug-likeness (QED) is 0.853. The highest BCUT2D eigenvalue weighted by Gasteiger charge is 2.16. The molecule has 0 amide bonds. The van der Waals surface area contributed by atoms with Gasteiger partial charge in [0.15, 0.2) is 11.5 Å². The number of H-pyrrole nitrogens is 1. The first kappa shape index (κ1) is 12.9. The second kappa shape index (κ2) is 5.43. The molecule has 1 atom stereocenters. The van der Waals surface area contributed by atoms with Crippen LogP contribution in [-0.4, -0.2) is 45.0 Å².